The summed E-state index contributed by atoms with van der Waals surface area (Å²) in [6.45, 7) is 6.67. The minimum Gasteiger partial charge on any atom is -0.355 e. The summed E-state index contributed by atoms with van der Waals surface area (Å²) in [7, 11) is 1.58. The van der Waals surface area contributed by atoms with Crippen molar-refractivity contribution in [1.29, 1.82) is 0 Å². The molecule has 0 aliphatic carbocycles. The number of carbonyl (C=O) groups excluding carboxylic acids is 2. The molecule has 0 bridgehead atoms. The fraction of sp³-hybridized carbons (Fsp3) is 0.310. The Morgan fingerprint density at radius 1 is 1.08 bits per heavy atom. The van der Waals surface area contributed by atoms with E-state index in [0.29, 0.717) is 40.9 Å². The quantitative estimate of drug-likeness (QED) is 0.274. The van der Waals surface area contributed by atoms with E-state index in [1.54, 1.807) is 25.2 Å². The van der Waals surface area contributed by atoms with Crippen LogP contribution in [0.3, 0.4) is 0 Å². The second-order valence-corrected chi connectivity index (χ2v) is 9.66. The molecule has 8 nitrogen and oxygen atoms in total. The zero-order valence-corrected chi connectivity index (χ0v) is 22.4. The summed E-state index contributed by atoms with van der Waals surface area (Å²) >= 11 is 6.38. The van der Waals surface area contributed by atoms with Crippen molar-refractivity contribution >= 4 is 46.4 Å². The summed E-state index contributed by atoms with van der Waals surface area (Å²) in [5.41, 5.74) is 4.20. The van der Waals surface area contributed by atoms with Crippen molar-refractivity contribution in [2.45, 2.75) is 38.6 Å². The van der Waals surface area contributed by atoms with E-state index in [0.717, 1.165) is 30.9 Å². The number of ketones is 1. The van der Waals surface area contributed by atoms with Crippen molar-refractivity contribution < 1.29 is 9.59 Å². The Labute approximate surface area is 228 Å². The third-order valence-corrected chi connectivity index (χ3v) is 6.85. The third kappa shape index (κ3) is 7.18. The van der Waals surface area contributed by atoms with Crippen molar-refractivity contribution in [3.63, 3.8) is 0 Å². The molecule has 9 heteroatoms. The highest BCUT2D eigenvalue weighted by Gasteiger charge is 2.15. The molecule has 0 radical (unpaired) electrons. The number of likely N-dealkylation sites (tertiary alicyclic amines) is 1. The summed E-state index contributed by atoms with van der Waals surface area (Å²) in [5, 5.41) is 9.37. The molecule has 3 aromatic rings. The maximum absolute atomic E-state index is 12.3. The van der Waals surface area contributed by atoms with Crippen LogP contribution in [0.2, 0.25) is 5.02 Å². The Balaban J connectivity index is 1.55. The van der Waals surface area contributed by atoms with Crippen LogP contribution in [-0.2, 0) is 17.8 Å². The molecule has 1 aromatic heterocycles. The summed E-state index contributed by atoms with van der Waals surface area (Å²) < 4.78 is 0. The lowest BCUT2D eigenvalue weighted by Crippen LogP contribution is -2.29. The number of allylic oxidation sites excluding steroid dienone is 1. The zero-order valence-electron chi connectivity index (χ0n) is 21.6. The number of hydrogen-bond donors (Lipinski definition) is 3. The summed E-state index contributed by atoms with van der Waals surface area (Å²) in [6, 6.07) is 13.3. The van der Waals surface area contributed by atoms with E-state index < -0.39 is 0 Å². The van der Waals surface area contributed by atoms with E-state index in [4.69, 9.17) is 11.6 Å². The van der Waals surface area contributed by atoms with Gasteiger partial charge in [-0.15, -0.1) is 0 Å². The highest BCUT2D eigenvalue weighted by atomic mass is 35.5. The van der Waals surface area contributed by atoms with Crippen LogP contribution in [0.15, 0.2) is 61.3 Å². The second-order valence-electron chi connectivity index (χ2n) is 9.26. The first-order valence-corrected chi connectivity index (χ1v) is 13.2. The Kier molecular flexibility index (Phi) is 9.46. The lowest BCUT2D eigenvalue weighted by Gasteiger charge is -2.27. The third-order valence-electron chi connectivity index (χ3n) is 6.57. The van der Waals surface area contributed by atoms with Crippen molar-refractivity contribution in [2.75, 3.05) is 30.8 Å². The topological polar surface area (TPSA) is 99.2 Å². The minimum atomic E-state index is -0.219. The van der Waals surface area contributed by atoms with E-state index in [1.807, 2.05) is 12.1 Å². The summed E-state index contributed by atoms with van der Waals surface area (Å²) in [4.78, 5) is 35.6. The van der Waals surface area contributed by atoms with Gasteiger partial charge in [0.25, 0.3) is 5.91 Å². The largest absolute Gasteiger partial charge is 0.355 e. The normalized spacial score (nSPS) is 13.5. The van der Waals surface area contributed by atoms with Gasteiger partial charge in [0.1, 0.15) is 5.02 Å². The highest BCUT2D eigenvalue weighted by Crippen LogP contribution is 2.28. The molecule has 1 aliphatic heterocycles. The molecule has 1 fully saturated rings. The van der Waals surface area contributed by atoms with Gasteiger partial charge in [-0.25, -0.2) is 4.98 Å². The average molecular weight is 533 g/mol. The number of halogens is 1. The fourth-order valence-corrected chi connectivity index (χ4v) is 4.64. The predicted molar refractivity (Wildman–Crippen MR) is 153 cm³/mol. The summed E-state index contributed by atoms with van der Waals surface area (Å²) in [6.07, 6.45) is 7.67. The first-order valence-electron chi connectivity index (χ1n) is 12.8. The number of rotatable bonds is 11. The van der Waals surface area contributed by atoms with Crippen LogP contribution in [0, 0.1) is 0 Å². The summed E-state index contributed by atoms with van der Waals surface area (Å²) in [5.74, 6) is 0.537. The number of para-hydroxylation sites is 1. The molecule has 38 heavy (non-hydrogen) atoms. The van der Waals surface area contributed by atoms with Crippen LogP contribution < -0.4 is 16.0 Å². The van der Waals surface area contributed by atoms with Crippen LogP contribution in [-0.4, -0.2) is 46.7 Å². The first kappa shape index (κ1) is 27.3. The van der Waals surface area contributed by atoms with E-state index in [2.05, 4.69) is 49.5 Å². The number of nitrogens with one attached hydrogen (secondary N) is 3. The van der Waals surface area contributed by atoms with Gasteiger partial charge in [0.15, 0.2) is 11.6 Å². The van der Waals surface area contributed by atoms with Gasteiger partial charge in [-0.2, -0.15) is 4.98 Å². The van der Waals surface area contributed by atoms with Crippen LogP contribution in [0.5, 0.6) is 0 Å². The standard InChI is InChI=1S/C29H33ClN6O2/c1-3-23(37)14-12-20-17-22(13-11-21(20)19-36-15-7-4-8-16-36)33-29-32-18-25(30)27(35-29)34-26-10-6-5-9-24(26)28(38)31-2/h3,5-6,9-11,13,17-18H,1,4,7-8,12,14-16,19H2,2H3,(H,31,38)(H2,32,33,34,35). The van der Waals surface area contributed by atoms with Crippen molar-refractivity contribution in [1.82, 2.24) is 20.2 Å². The highest BCUT2D eigenvalue weighted by molar-refractivity contribution is 6.33. The molecule has 1 saturated heterocycles. The Morgan fingerprint density at radius 3 is 2.63 bits per heavy atom. The average Bonchev–Trinajstić information content (AvgIpc) is 2.95. The van der Waals surface area contributed by atoms with Crippen LogP contribution in [0.4, 0.5) is 23.1 Å². The lowest BCUT2D eigenvalue weighted by atomic mass is 9.99. The maximum atomic E-state index is 12.3. The number of aryl methyl sites for hydroxylation is 1. The number of hydrogen-bond acceptors (Lipinski definition) is 7. The smallest absolute Gasteiger partial charge is 0.253 e. The van der Waals surface area contributed by atoms with Crippen molar-refractivity contribution in [2.24, 2.45) is 0 Å². The van der Waals surface area contributed by atoms with Crippen LogP contribution >= 0.6 is 11.6 Å². The molecular weight excluding hydrogens is 500 g/mol. The van der Waals surface area contributed by atoms with Gasteiger partial charge < -0.3 is 16.0 Å². The molecule has 0 atom stereocenters. The number of benzene rings is 2. The maximum Gasteiger partial charge on any atom is 0.253 e. The van der Waals surface area contributed by atoms with Gasteiger partial charge in [0.2, 0.25) is 5.95 Å². The van der Waals surface area contributed by atoms with Gasteiger partial charge in [-0.05, 0) is 73.8 Å². The van der Waals surface area contributed by atoms with Gasteiger partial charge in [-0.3, -0.25) is 14.5 Å². The molecule has 2 heterocycles. The molecule has 0 saturated carbocycles. The van der Waals surface area contributed by atoms with Gasteiger partial charge in [0, 0.05) is 25.7 Å². The zero-order chi connectivity index (χ0) is 26.9. The molecule has 0 spiro atoms. The Morgan fingerprint density at radius 2 is 1.87 bits per heavy atom. The SMILES string of the molecule is C=CC(=O)CCc1cc(Nc2ncc(Cl)c(Nc3ccccc3C(=O)NC)n2)ccc1CN1CCCCC1. The van der Waals surface area contributed by atoms with E-state index in [-0.39, 0.29) is 11.7 Å². The molecule has 198 valence electrons. The molecule has 1 amide bonds. The molecule has 0 unspecified atom stereocenters. The Bertz CT molecular complexity index is 1310. The van der Waals surface area contributed by atoms with E-state index >= 15 is 0 Å². The van der Waals surface area contributed by atoms with Crippen LogP contribution in [0.25, 0.3) is 0 Å². The fourth-order valence-electron chi connectivity index (χ4n) is 4.51. The van der Waals surface area contributed by atoms with Crippen LogP contribution in [0.1, 0.15) is 47.2 Å². The molecule has 3 N–H and O–H groups in total. The Hall–Kier alpha value is -3.75. The van der Waals surface area contributed by atoms with Crippen molar-refractivity contribution in [3.8, 4) is 0 Å². The number of carbonyl (C=O) groups is 2. The lowest BCUT2D eigenvalue weighted by molar-refractivity contribution is -0.114. The number of anilines is 4. The molecular formula is C29H33ClN6O2. The van der Waals surface area contributed by atoms with Gasteiger partial charge in [-0.1, -0.05) is 42.8 Å². The molecule has 4 rings (SSSR count). The van der Waals surface area contributed by atoms with Gasteiger partial charge >= 0.3 is 0 Å². The molecule has 2 aromatic carbocycles. The van der Waals surface area contributed by atoms with Gasteiger partial charge in [0.05, 0.1) is 17.4 Å². The van der Waals surface area contributed by atoms with E-state index in [9.17, 15) is 9.59 Å². The number of piperidine rings is 1. The second kappa shape index (κ2) is 13.2. The molecule has 1 aliphatic rings. The first-order chi connectivity index (χ1) is 18.5. The number of amides is 1. The van der Waals surface area contributed by atoms with Crippen molar-refractivity contribution in [3.05, 3.63) is 83.0 Å². The number of nitrogens with zero attached hydrogens (tertiary/aromatic N) is 3. The van der Waals surface area contributed by atoms with E-state index in [1.165, 1.54) is 37.1 Å². The predicted octanol–water partition coefficient (Wildman–Crippen LogP) is 5.65. The minimum absolute atomic E-state index is 0.0288. The number of aromatic nitrogens is 2. The monoisotopic (exact) mass is 532 g/mol.